The minimum absolute atomic E-state index is 0.363. The maximum absolute atomic E-state index is 4.42. The Balaban J connectivity index is 4.38. The van der Waals surface area contributed by atoms with Gasteiger partial charge in [0.05, 0.1) is 11.4 Å². The normalized spacial score (nSPS) is 14.7. The van der Waals surface area contributed by atoms with Crippen LogP contribution in [0.4, 0.5) is 0 Å². The highest BCUT2D eigenvalue weighted by atomic mass is 14.8. The van der Waals surface area contributed by atoms with Crippen LogP contribution in [-0.4, -0.2) is 23.5 Å². The summed E-state index contributed by atoms with van der Waals surface area (Å²) in [4.78, 5) is 8.83. The van der Waals surface area contributed by atoms with Gasteiger partial charge in [-0.3, -0.25) is 9.98 Å². The quantitative estimate of drug-likeness (QED) is 0.579. The van der Waals surface area contributed by atoms with E-state index in [2.05, 4.69) is 37.7 Å². The summed E-state index contributed by atoms with van der Waals surface area (Å²) in [6, 6.07) is 0.727. The topological polar surface area (TPSA) is 24.7 Å². The van der Waals surface area contributed by atoms with Gasteiger partial charge in [-0.25, -0.2) is 0 Å². The van der Waals surface area contributed by atoms with Crippen molar-refractivity contribution >= 4 is 11.4 Å². The van der Waals surface area contributed by atoms with Crippen LogP contribution in [0.2, 0.25) is 0 Å². The summed E-state index contributed by atoms with van der Waals surface area (Å²) in [6.45, 7) is 12.3. The van der Waals surface area contributed by atoms with E-state index in [-0.39, 0.29) is 0 Å². The third-order valence-electron chi connectivity index (χ3n) is 1.43. The molecular weight excluding hydrogens is 148 g/mol. The fraction of sp³-hybridized carbons (Fsp3) is 0.800. The smallest absolute Gasteiger partial charge is 0.0527 e. The molecule has 0 aromatic rings. The molecule has 0 aliphatic rings. The highest BCUT2D eigenvalue weighted by molar-refractivity contribution is 6.40. The molecule has 0 unspecified atom stereocenters. The van der Waals surface area contributed by atoms with Crippen molar-refractivity contribution in [2.24, 2.45) is 9.98 Å². The van der Waals surface area contributed by atoms with Crippen LogP contribution in [0.15, 0.2) is 9.98 Å². The van der Waals surface area contributed by atoms with E-state index in [9.17, 15) is 0 Å². The van der Waals surface area contributed by atoms with Crippen molar-refractivity contribution in [2.45, 2.75) is 53.6 Å². The Labute approximate surface area is 75.8 Å². The molecular formula is C10H20N2. The van der Waals surface area contributed by atoms with Crippen LogP contribution in [0.25, 0.3) is 0 Å². The molecule has 2 heteroatoms. The van der Waals surface area contributed by atoms with Gasteiger partial charge in [0.15, 0.2) is 0 Å². The molecule has 0 atom stereocenters. The zero-order chi connectivity index (χ0) is 9.72. The predicted octanol–water partition coefficient (Wildman–Crippen LogP) is 2.73. The lowest BCUT2D eigenvalue weighted by Crippen LogP contribution is -2.11. The molecule has 0 radical (unpaired) electrons. The van der Waals surface area contributed by atoms with Gasteiger partial charge >= 0.3 is 0 Å². The van der Waals surface area contributed by atoms with Gasteiger partial charge in [0.1, 0.15) is 0 Å². The van der Waals surface area contributed by atoms with Crippen molar-refractivity contribution < 1.29 is 0 Å². The van der Waals surface area contributed by atoms with E-state index in [1.807, 2.05) is 13.8 Å². The fourth-order valence-electron chi connectivity index (χ4n) is 0.961. The van der Waals surface area contributed by atoms with E-state index in [1.165, 1.54) is 0 Å². The Morgan fingerprint density at radius 2 is 1.00 bits per heavy atom. The van der Waals surface area contributed by atoms with Crippen LogP contribution in [-0.2, 0) is 0 Å². The number of hydrogen-bond donors (Lipinski definition) is 0. The summed E-state index contributed by atoms with van der Waals surface area (Å²) in [6.07, 6.45) is 0. The summed E-state index contributed by atoms with van der Waals surface area (Å²) < 4.78 is 0. The minimum Gasteiger partial charge on any atom is -0.285 e. The van der Waals surface area contributed by atoms with Crippen molar-refractivity contribution in [3.05, 3.63) is 0 Å². The maximum Gasteiger partial charge on any atom is 0.0527 e. The van der Waals surface area contributed by atoms with Crippen LogP contribution in [0.1, 0.15) is 41.5 Å². The van der Waals surface area contributed by atoms with Gasteiger partial charge in [-0.1, -0.05) is 0 Å². The first-order valence-electron chi connectivity index (χ1n) is 4.52. The second-order valence-corrected chi connectivity index (χ2v) is 3.62. The summed E-state index contributed by atoms with van der Waals surface area (Å²) >= 11 is 0. The number of rotatable bonds is 3. The van der Waals surface area contributed by atoms with Crippen molar-refractivity contribution in [1.82, 2.24) is 0 Å². The maximum atomic E-state index is 4.42. The van der Waals surface area contributed by atoms with Crippen LogP contribution < -0.4 is 0 Å². The van der Waals surface area contributed by atoms with Gasteiger partial charge in [-0.2, -0.15) is 0 Å². The van der Waals surface area contributed by atoms with Crippen molar-refractivity contribution in [3.63, 3.8) is 0 Å². The lowest BCUT2D eigenvalue weighted by Gasteiger charge is -2.04. The monoisotopic (exact) mass is 168 g/mol. The highest BCUT2D eigenvalue weighted by Gasteiger charge is 1.98. The lowest BCUT2D eigenvalue weighted by molar-refractivity contribution is 0.828. The van der Waals surface area contributed by atoms with Gasteiger partial charge in [0.25, 0.3) is 0 Å². The first-order valence-corrected chi connectivity index (χ1v) is 4.52. The van der Waals surface area contributed by atoms with Crippen LogP contribution >= 0.6 is 0 Å². The molecule has 0 aliphatic heterocycles. The second-order valence-electron chi connectivity index (χ2n) is 3.62. The van der Waals surface area contributed by atoms with Crippen LogP contribution in [0.5, 0.6) is 0 Å². The molecule has 0 heterocycles. The fourth-order valence-corrected chi connectivity index (χ4v) is 0.961. The largest absolute Gasteiger partial charge is 0.285 e. The molecule has 2 nitrogen and oxygen atoms in total. The molecule has 0 saturated carbocycles. The Hall–Kier alpha value is -0.660. The summed E-state index contributed by atoms with van der Waals surface area (Å²) in [5.74, 6) is 0. The number of aliphatic imine (C=N–C) groups is 2. The van der Waals surface area contributed by atoms with E-state index in [0.29, 0.717) is 12.1 Å². The van der Waals surface area contributed by atoms with Crippen molar-refractivity contribution in [1.29, 1.82) is 0 Å². The highest BCUT2D eigenvalue weighted by Crippen LogP contribution is 1.94. The van der Waals surface area contributed by atoms with E-state index in [0.717, 1.165) is 11.4 Å². The summed E-state index contributed by atoms with van der Waals surface area (Å²) in [5, 5.41) is 0. The second kappa shape index (κ2) is 5.07. The zero-order valence-corrected chi connectivity index (χ0v) is 9.05. The molecule has 0 aliphatic carbocycles. The molecule has 0 aromatic heterocycles. The molecule has 0 aromatic carbocycles. The lowest BCUT2D eigenvalue weighted by atomic mass is 10.2. The molecule has 70 valence electrons. The van der Waals surface area contributed by atoms with Gasteiger partial charge < -0.3 is 0 Å². The molecule has 0 rings (SSSR count). The van der Waals surface area contributed by atoms with Gasteiger partial charge in [-0.05, 0) is 41.5 Å². The molecule has 0 bridgehead atoms. The van der Waals surface area contributed by atoms with Crippen LogP contribution in [0, 0.1) is 0 Å². The molecule has 0 saturated heterocycles. The van der Waals surface area contributed by atoms with E-state index >= 15 is 0 Å². The van der Waals surface area contributed by atoms with Gasteiger partial charge in [0, 0.05) is 12.1 Å². The average molecular weight is 168 g/mol. The Kier molecular flexibility index (Phi) is 4.79. The van der Waals surface area contributed by atoms with Crippen LogP contribution in [0.3, 0.4) is 0 Å². The third kappa shape index (κ3) is 5.05. The molecule has 0 fully saturated rings. The number of hydrogen-bond acceptors (Lipinski definition) is 2. The minimum atomic E-state index is 0.363. The standard InChI is InChI=1S/C10H20N2/c1-7(2)11-9(5)10(6)12-8(3)4/h7-8H,1-6H3/b11-9-,12-10-. The molecule has 0 amide bonds. The number of nitrogens with zero attached hydrogens (tertiary/aromatic N) is 2. The zero-order valence-electron chi connectivity index (χ0n) is 9.05. The van der Waals surface area contributed by atoms with E-state index < -0.39 is 0 Å². The van der Waals surface area contributed by atoms with E-state index in [4.69, 9.17) is 0 Å². The Bertz CT molecular complexity index is 166. The van der Waals surface area contributed by atoms with Gasteiger partial charge in [0.2, 0.25) is 0 Å². The summed E-state index contributed by atoms with van der Waals surface area (Å²) in [5.41, 5.74) is 2.11. The third-order valence-corrected chi connectivity index (χ3v) is 1.43. The molecule has 12 heavy (non-hydrogen) atoms. The Morgan fingerprint density at radius 3 is 1.17 bits per heavy atom. The van der Waals surface area contributed by atoms with Crippen molar-refractivity contribution in [2.75, 3.05) is 0 Å². The molecule has 0 N–H and O–H groups in total. The predicted molar refractivity (Wildman–Crippen MR) is 56.5 cm³/mol. The Morgan fingerprint density at radius 1 is 0.750 bits per heavy atom. The van der Waals surface area contributed by atoms with Crippen molar-refractivity contribution in [3.8, 4) is 0 Å². The molecule has 0 spiro atoms. The first kappa shape index (κ1) is 11.3. The summed E-state index contributed by atoms with van der Waals surface area (Å²) in [7, 11) is 0. The SMILES string of the molecule is CC(=N/C(C)C)/C(C)=N\C(C)C. The van der Waals surface area contributed by atoms with E-state index in [1.54, 1.807) is 0 Å². The first-order chi connectivity index (χ1) is 5.43. The average Bonchev–Trinajstić information content (AvgIpc) is 1.84. The van der Waals surface area contributed by atoms with Gasteiger partial charge in [-0.15, -0.1) is 0 Å².